The molecule has 106 valence electrons. The van der Waals surface area contributed by atoms with Crippen molar-refractivity contribution in [3.05, 3.63) is 58.5 Å². The van der Waals surface area contributed by atoms with Crippen molar-refractivity contribution in [3.8, 4) is 0 Å². The third kappa shape index (κ3) is 2.57. The van der Waals surface area contributed by atoms with Gasteiger partial charge in [-0.1, -0.05) is 18.2 Å². The molecule has 21 heavy (non-hydrogen) atoms. The van der Waals surface area contributed by atoms with Crippen molar-refractivity contribution in [2.24, 2.45) is 0 Å². The van der Waals surface area contributed by atoms with E-state index in [-0.39, 0.29) is 0 Å². The molecular formula is C17H17N3S. The van der Waals surface area contributed by atoms with Gasteiger partial charge in [-0.05, 0) is 36.4 Å². The van der Waals surface area contributed by atoms with E-state index in [2.05, 4.69) is 45.2 Å². The van der Waals surface area contributed by atoms with Crippen LogP contribution in [0.5, 0.6) is 0 Å². The van der Waals surface area contributed by atoms with Crippen LogP contribution >= 0.6 is 11.3 Å². The summed E-state index contributed by atoms with van der Waals surface area (Å²) in [5, 5.41) is 1.35. The number of nitrogens with zero attached hydrogens (tertiary/aromatic N) is 3. The van der Waals surface area contributed by atoms with Crippen LogP contribution in [0, 0.1) is 6.92 Å². The normalized spacial score (nSPS) is 15.3. The summed E-state index contributed by atoms with van der Waals surface area (Å²) in [6, 6.07) is 10.9. The van der Waals surface area contributed by atoms with Crippen LogP contribution in [0.2, 0.25) is 0 Å². The van der Waals surface area contributed by atoms with Crippen LogP contribution in [-0.4, -0.2) is 21.4 Å². The van der Waals surface area contributed by atoms with Crippen molar-refractivity contribution in [3.63, 3.8) is 0 Å². The molecule has 0 spiro atoms. The maximum atomic E-state index is 4.60. The maximum absolute atomic E-state index is 4.60. The average molecular weight is 295 g/mol. The van der Waals surface area contributed by atoms with E-state index in [4.69, 9.17) is 0 Å². The first-order valence-corrected chi connectivity index (χ1v) is 8.11. The van der Waals surface area contributed by atoms with Gasteiger partial charge in [0.1, 0.15) is 5.82 Å². The van der Waals surface area contributed by atoms with Gasteiger partial charge in [0.25, 0.3) is 0 Å². The van der Waals surface area contributed by atoms with E-state index in [0.29, 0.717) is 0 Å². The molecule has 0 amide bonds. The summed E-state index contributed by atoms with van der Waals surface area (Å²) in [5.74, 6) is 0.873. The number of benzene rings is 1. The zero-order valence-corrected chi connectivity index (χ0v) is 12.9. The zero-order chi connectivity index (χ0) is 14.2. The Kier molecular flexibility index (Phi) is 3.20. The quantitative estimate of drug-likeness (QED) is 0.724. The highest BCUT2D eigenvalue weighted by atomic mass is 32.1. The second kappa shape index (κ2) is 5.20. The fourth-order valence-electron chi connectivity index (χ4n) is 2.93. The fraction of sp³-hybridized carbons (Fsp3) is 0.294. The Bertz CT molecular complexity index is 761. The van der Waals surface area contributed by atoms with Gasteiger partial charge in [0.15, 0.2) is 0 Å². The van der Waals surface area contributed by atoms with Gasteiger partial charge in [0.2, 0.25) is 0 Å². The largest absolute Gasteiger partial charge is 0.292 e. The first-order chi connectivity index (χ1) is 10.3. The smallest absolute Gasteiger partial charge is 0.125 e. The number of aromatic nitrogens is 2. The Hall–Kier alpha value is -1.78. The van der Waals surface area contributed by atoms with Crippen molar-refractivity contribution in [2.75, 3.05) is 6.54 Å². The molecule has 4 heteroatoms. The van der Waals surface area contributed by atoms with E-state index >= 15 is 0 Å². The third-order valence-electron chi connectivity index (χ3n) is 4.00. The minimum absolute atomic E-state index is 0.873. The molecule has 0 atom stereocenters. The molecule has 0 N–H and O–H groups in total. The fourth-order valence-corrected chi connectivity index (χ4v) is 4.03. The minimum Gasteiger partial charge on any atom is -0.292 e. The molecule has 4 rings (SSSR count). The van der Waals surface area contributed by atoms with Crippen LogP contribution in [0.4, 0.5) is 0 Å². The number of aryl methyl sites for hydroxylation is 1. The molecular weight excluding hydrogens is 278 g/mol. The lowest BCUT2D eigenvalue weighted by atomic mass is 10.1. The van der Waals surface area contributed by atoms with E-state index in [0.717, 1.165) is 31.9 Å². The van der Waals surface area contributed by atoms with Crippen LogP contribution in [0.1, 0.15) is 22.0 Å². The van der Waals surface area contributed by atoms with Crippen LogP contribution < -0.4 is 0 Å². The molecule has 3 heterocycles. The number of fused-ring (bicyclic) bond motifs is 2. The predicted octanol–water partition coefficient (Wildman–Crippen LogP) is 3.56. The zero-order valence-electron chi connectivity index (χ0n) is 12.0. The van der Waals surface area contributed by atoms with Crippen LogP contribution in [0.3, 0.4) is 0 Å². The Balaban J connectivity index is 1.55. The predicted molar refractivity (Wildman–Crippen MR) is 86.4 cm³/mol. The Morgan fingerprint density at radius 3 is 3.10 bits per heavy atom. The number of hydrogen-bond donors (Lipinski definition) is 0. The van der Waals surface area contributed by atoms with E-state index in [9.17, 15) is 0 Å². The van der Waals surface area contributed by atoms with Gasteiger partial charge < -0.3 is 0 Å². The topological polar surface area (TPSA) is 29.0 Å². The summed E-state index contributed by atoms with van der Waals surface area (Å²) < 4.78 is 1.38. The maximum Gasteiger partial charge on any atom is 0.125 e. The molecule has 0 saturated heterocycles. The number of thiophene rings is 1. The van der Waals surface area contributed by atoms with E-state index in [1.807, 2.05) is 24.5 Å². The summed E-state index contributed by atoms with van der Waals surface area (Å²) in [6.07, 6.45) is 3.05. The molecule has 3 aromatic rings. The summed E-state index contributed by atoms with van der Waals surface area (Å²) in [4.78, 5) is 12.8. The summed E-state index contributed by atoms with van der Waals surface area (Å²) in [5.41, 5.74) is 2.52. The van der Waals surface area contributed by atoms with E-state index in [1.165, 1.54) is 26.2 Å². The van der Waals surface area contributed by atoms with E-state index < -0.39 is 0 Å². The van der Waals surface area contributed by atoms with Crippen molar-refractivity contribution in [2.45, 2.75) is 26.4 Å². The molecule has 0 bridgehead atoms. The van der Waals surface area contributed by atoms with Gasteiger partial charge in [0.05, 0.1) is 5.69 Å². The van der Waals surface area contributed by atoms with Gasteiger partial charge in [-0.25, -0.2) is 9.97 Å². The lowest BCUT2D eigenvalue weighted by Gasteiger charge is -2.27. The van der Waals surface area contributed by atoms with Gasteiger partial charge in [-0.2, -0.15) is 0 Å². The minimum atomic E-state index is 0.873. The van der Waals surface area contributed by atoms with Crippen molar-refractivity contribution >= 4 is 21.4 Å². The second-order valence-corrected chi connectivity index (χ2v) is 6.77. The summed E-state index contributed by atoms with van der Waals surface area (Å²) in [6.45, 7) is 5.01. The first kappa shape index (κ1) is 12.9. The van der Waals surface area contributed by atoms with Crippen molar-refractivity contribution in [1.82, 2.24) is 14.9 Å². The number of hydrogen-bond acceptors (Lipinski definition) is 4. The van der Waals surface area contributed by atoms with Gasteiger partial charge in [-0.15, -0.1) is 11.3 Å². The molecule has 0 aliphatic carbocycles. The third-order valence-corrected chi connectivity index (χ3v) is 5.10. The second-order valence-electron chi connectivity index (χ2n) is 5.60. The Morgan fingerprint density at radius 1 is 1.29 bits per heavy atom. The first-order valence-electron chi connectivity index (χ1n) is 7.29. The lowest BCUT2D eigenvalue weighted by Crippen LogP contribution is -2.30. The lowest BCUT2D eigenvalue weighted by molar-refractivity contribution is 0.243. The highest BCUT2D eigenvalue weighted by Crippen LogP contribution is 2.27. The monoisotopic (exact) mass is 295 g/mol. The molecule has 0 saturated carbocycles. The van der Waals surface area contributed by atoms with Gasteiger partial charge >= 0.3 is 0 Å². The molecule has 2 aromatic heterocycles. The van der Waals surface area contributed by atoms with Crippen molar-refractivity contribution in [1.29, 1.82) is 0 Å². The highest BCUT2D eigenvalue weighted by molar-refractivity contribution is 7.19. The van der Waals surface area contributed by atoms with Crippen LogP contribution in [0.15, 0.2) is 36.5 Å². The molecule has 1 aliphatic rings. The molecule has 0 radical (unpaired) electrons. The Morgan fingerprint density at radius 2 is 2.19 bits per heavy atom. The molecule has 1 aliphatic heterocycles. The molecule has 1 aromatic carbocycles. The highest BCUT2D eigenvalue weighted by Gasteiger charge is 2.18. The summed E-state index contributed by atoms with van der Waals surface area (Å²) in [7, 11) is 0. The van der Waals surface area contributed by atoms with Gasteiger partial charge in [-0.3, -0.25) is 4.90 Å². The Labute approximate surface area is 128 Å². The molecule has 3 nitrogen and oxygen atoms in total. The van der Waals surface area contributed by atoms with E-state index in [1.54, 1.807) is 0 Å². The van der Waals surface area contributed by atoms with Crippen LogP contribution in [-0.2, 0) is 19.5 Å². The summed E-state index contributed by atoms with van der Waals surface area (Å²) >= 11 is 1.90. The van der Waals surface area contributed by atoms with Crippen molar-refractivity contribution < 1.29 is 0 Å². The van der Waals surface area contributed by atoms with Gasteiger partial charge in [0, 0.05) is 35.4 Å². The SMILES string of the molecule is Cc1ncc2c(n1)CN(Cc1cc3ccccc3s1)CC2. The number of rotatable bonds is 2. The van der Waals surface area contributed by atoms with Crippen LogP contribution in [0.25, 0.3) is 10.1 Å². The average Bonchev–Trinajstić information content (AvgIpc) is 2.89. The molecule has 0 fully saturated rings. The molecule has 0 unspecified atom stereocenters. The standard InChI is InChI=1S/C17H17N3S/c1-12-18-9-14-6-7-20(11-16(14)19-12)10-15-8-13-4-2-3-5-17(13)21-15/h2-5,8-9H,6-7,10-11H2,1H3.